The number of aromatic nitrogens is 2. The fourth-order valence-electron chi connectivity index (χ4n) is 2.69. The average Bonchev–Trinajstić information content (AvgIpc) is 2.90. The smallest absolute Gasteiger partial charge is 0.0624 e. The Balaban J connectivity index is 2.08. The van der Waals surface area contributed by atoms with Crippen molar-refractivity contribution in [1.29, 1.82) is 0 Å². The molecule has 0 aromatic carbocycles. The number of thioether (sulfide) groups is 2. The largest absolute Gasteiger partial charge is 0.313 e. The van der Waals surface area contributed by atoms with Crippen LogP contribution in [0, 0.1) is 0 Å². The highest BCUT2D eigenvalue weighted by Crippen LogP contribution is 2.28. The minimum Gasteiger partial charge on any atom is -0.313 e. The highest BCUT2D eigenvalue weighted by molar-refractivity contribution is 8.06. The molecule has 0 radical (unpaired) electrons. The molecule has 1 saturated heterocycles. The van der Waals surface area contributed by atoms with Gasteiger partial charge in [0.1, 0.15) is 0 Å². The van der Waals surface area contributed by atoms with Gasteiger partial charge in [-0.15, -0.1) is 0 Å². The molecule has 0 saturated carbocycles. The molecule has 2 unspecified atom stereocenters. The molecule has 0 amide bonds. The van der Waals surface area contributed by atoms with E-state index in [0.29, 0.717) is 6.04 Å². The van der Waals surface area contributed by atoms with Gasteiger partial charge in [-0.1, -0.05) is 13.8 Å². The molecule has 0 spiro atoms. The van der Waals surface area contributed by atoms with Crippen LogP contribution >= 0.6 is 23.5 Å². The molecule has 3 nitrogen and oxygen atoms in total. The van der Waals surface area contributed by atoms with E-state index in [4.69, 9.17) is 0 Å². The van der Waals surface area contributed by atoms with Gasteiger partial charge in [-0.2, -0.15) is 28.6 Å². The second kappa shape index (κ2) is 8.35. The Morgan fingerprint density at radius 3 is 2.85 bits per heavy atom. The van der Waals surface area contributed by atoms with Crippen LogP contribution in [-0.4, -0.2) is 44.9 Å². The van der Waals surface area contributed by atoms with Gasteiger partial charge in [0.2, 0.25) is 0 Å². The van der Waals surface area contributed by atoms with E-state index < -0.39 is 0 Å². The SMILES string of the molecule is CCNC(Cc1cc(CC)nn1CC)C1CSCCS1. The number of nitrogens with one attached hydrogen (secondary N) is 1. The monoisotopic (exact) mass is 313 g/mol. The summed E-state index contributed by atoms with van der Waals surface area (Å²) < 4.78 is 2.18. The van der Waals surface area contributed by atoms with Gasteiger partial charge in [0.05, 0.1) is 5.69 Å². The van der Waals surface area contributed by atoms with E-state index in [1.165, 1.54) is 28.6 Å². The van der Waals surface area contributed by atoms with E-state index in [1.807, 2.05) is 0 Å². The molecule has 1 aliphatic heterocycles. The van der Waals surface area contributed by atoms with Gasteiger partial charge >= 0.3 is 0 Å². The molecule has 1 fully saturated rings. The number of hydrogen-bond acceptors (Lipinski definition) is 4. The van der Waals surface area contributed by atoms with Gasteiger partial charge in [-0.05, 0) is 26.0 Å². The lowest BCUT2D eigenvalue weighted by molar-refractivity contribution is 0.496. The summed E-state index contributed by atoms with van der Waals surface area (Å²) in [6, 6.07) is 2.87. The summed E-state index contributed by atoms with van der Waals surface area (Å²) in [4.78, 5) is 0. The molecule has 1 N–H and O–H groups in total. The van der Waals surface area contributed by atoms with Crippen LogP contribution in [0.1, 0.15) is 32.2 Å². The second-order valence-corrected chi connectivity index (χ2v) is 7.65. The van der Waals surface area contributed by atoms with Crippen LogP contribution < -0.4 is 5.32 Å². The molecule has 114 valence electrons. The number of nitrogens with zero attached hydrogens (tertiary/aromatic N) is 2. The lowest BCUT2D eigenvalue weighted by Crippen LogP contribution is -2.43. The van der Waals surface area contributed by atoms with Crippen molar-refractivity contribution >= 4 is 23.5 Å². The van der Waals surface area contributed by atoms with E-state index in [2.05, 4.69) is 65.5 Å². The van der Waals surface area contributed by atoms with E-state index in [-0.39, 0.29) is 0 Å². The van der Waals surface area contributed by atoms with Crippen molar-refractivity contribution in [2.24, 2.45) is 0 Å². The molecule has 1 aliphatic rings. The van der Waals surface area contributed by atoms with Gasteiger partial charge in [-0.3, -0.25) is 4.68 Å². The molecule has 5 heteroatoms. The van der Waals surface area contributed by atoms with Crippen LogP contribution in [0.3, 0.4) is 0 Å². The zero-order valence-corrected chi connectivity index (χ0v) is 14.5. The van der Waals surface area contributed by atoms with Gasteiger partial charge < -0.3 is 5.32 Å². The quantitative estimate of drug-likeness (QED) is 0.838. The molecule has 0 bridgehead atoms. The van der Waals surface area contributed by atoms with Crippen LogP contribution in [0.25, 0.3) is 0 Å². The summed E-state index contributed by atoms with van der Waals surface area (Å²) in [6.07, 6.45) is 2.13. The number of hydrogen-bond donors (Lipinski definition) is 1. The summed E-state index contributed by atoms with van der Waals surface area (Å²) in [5, 5.41) is 9.12. The first-order chi connectivity index (χ1) is 9.78. The zero-order chi connectivity index (χ0) is 14.4. The van der Waals surface area contributed by atoms with E-state index in [9.17, 15) is 0 Å². The Labute approximate surface area is 131 Å². The number of rotatable bonds is 7. The van der Waals surface area contributed by atoms with E-state index in [0.717, 1.165) is 31.2 Å². The predicted molar refractivity (Wildman–Crippen MR) is 92.0 cm³/mol. The van der Waals surface area contributed by atoms with Crippen molar-refractivity contribution in [2.45, 2.75) is 51.4 Å². The average molecular weight is 314 g/mol. The van der Waals surface area contributed by atoms with Crippen LogP contribution in [0.5, 0.6) is 0 Å². The molecule has 0 aliphatic carbocycles. The molecule has 1 aromatic rings. The van der Waals surface area contributed by atoms with Gasteiger partial charge in [0.25, 0.3) is 0 Å². The summed E-state index contributed by atoms with van der Waals surface area (Å²) in [5.74, 6) is 3.89. The predicted octanol–water partition coefficient (Wildman–Crippen LogP) is 2.83. The maximum Gasteiger partial charge on any atom is 0.0624 e. The molecule has 2 atom stereocenters. The third kappa shape index (κ3) is 4.18. The lowest BCUT2D eigenvalue weighted by Gasteiger charge is -2.30. The summed E-state index contributed by atoms with van der Waals surface area (Å²) in [6.45, 7) is 8.60. The summed E-state index contributed by atoms with van der Waals surface area (Å²) in [7, 11) is 0. The second-order valence-electron chi connectivity index (χ2n) is 5.15. The third-order valence-corrected chi connectivity index (χ3v) is 6.68. The maximum absolute atomic E-state index is 4.68. The van der Waals surface area contributed by atoms with Crippen molar-refractivity contribution in [3.05, 3.63) is 17.5 Å². The highest BCUT2D eigenvalue weighted by Gasteiger charge is 2.25. The molecule has 20 heavy (non-hydrogen) atoms. The Morgan fingerprint density at radius 2 is 2.25 bits per heavy atom. The van der Waals surface area contributed by atoms with Crippen molar-refractivity contribution in [3.8, 4) is 0 Å². The van der Waals surface area contributed by atoms with E-state index >= 15 is 0 Å². The Morgan fingerprint density at radius 1 is 1.40 bits per heavy atom. The fourth-order valence-corrected chi connectivity index (χ4v) is 5.58. The molecular weight excluding hydrogens is 286 g/mol. The molecule has 2 rings (SSSR count). The number of likely N-dealkylation sites (N-methyl/N-ethyl adjacent to an activating group) is 1. The normalized spacial score (nSPS) is 21.1. The van der Waals surface area contributed by atoms with Gasteiger partial charge in [0, 0.05) is 47.2 Å². The van der Waals surface area contributed by atoms with Crippen molar-refractivity contribution in [1.82, 2.24) is 15.1 Å². The first kappa shape index (κ1) is 16.2. The fraction of sp³-hybridized carbons (Fsp3) is 0.800. The molecular formula is C15H27N3S2. The zero-order valence-electron chi connectivity index (χ0n) is 12.9. The first-order valence-corrected chi connectivity index (χ1v) is 9.97. The Kier molecular flexibility index (Phi) is 6.78. The molecule has 2 heterocycles. The standard InChI is InChI=1S/C15H27N3S2/c1-4-12-9-13(18(6-3)17-12)10-14(16-5-2)15-11-19-7-8-20-15/h9,14-16H,4-8,10-11H2,1-3H3. The summed E-state index contributed by atoms with van der Waals surface area (Å²) >= 11 is 4.25. The van der Waals surface area contributed by atoms with Crippen molar-refractivity contribution < 1.29 is 0 Å². The maximum atomic E-state index is 4.68. The minimum absolute atomic E-state index is 0.574. The van der Waals surface area contributed by atoms with Crippen LogP contribution in [0.15, 0.2) is 6.07 Å². The Bertz CT molecular complexity index is 400. The topological polar surface area (TPSA) is 29.9 Å². The van der Waals surface area contributed by atoms with Crippen LogP contribution in [0.4, 0.5) is 0 Å². The number of aryl methyl sites for hydroxylation is 2. The molecule has 1 aromatic heterocycles. The van der Waals surface area contributed by atoms with Crippen LogP contribution in [-0.2, 0) is 19.4 Å². The van der Waals surface area contributed by atoms with E-state index in [1.54, 1.807) is 0 Å². The van der Waals surface area contributed by atoms with Gasteiger partial charge in [0.15, 0.2) is 0 Å². The lowest BCUT2D eigenvalue weighted by atomic mass is 10.1. The minimum atomic E-state index is 0.574. The van der Waals surface area contributed by atoms with Crippen LogP contribution in [0.2, 0.25) is 0 Å². The first-order valence-electron chi connectivity index (χ1n) is 7.76. The van der Waals surface area contributed by atoms with Crippen molar-refractivity contribution in [3.63, 3.8) is 0 Å². The van der Waals surface area contributed by atoms with Crippen molar-refractivity contribution in [2.75, 3.05) is 23.8 Å². The third-order valence-electron chi connectivity index (χ3n) is 3.76. The summed E-state index contributed by atoms with van der Waals surface area (Å²) in [5.41, 5.74) is 2.62. The Hall–Kier alpha value is -0.130. The van der Waals surface area contributed by atoms with Gasteiger partial charge in [-0.25, -0.2) is 0 Å². The highest BCUT2D eigenvalue weighted by atomic mass is 32.2.